The van der Waals surface area contributed by atoms with Crippen LogP contribution in [0, 0.1) is 0 Å². The van der Waals surface area contributed by atoms with Crippen LogP contribution in [0.15, 0.2) is 41.8 Å². The van der Waals surface area contributed by atoms with Crippen LogP contribution >= 0.6 is 22.9 Å². The maximum absolute atomic E-state index is 5.93. The van der Waals surface area contributed by atoms with Gasteiger partial charge in [0, 0.05) is 22.0 Å². The summed E-state index contributed by atoms with van der Waals surface area (Å²) in [5.41, 5.74) is 1.30. The third kappa shape index (κ3) is 3.35. The molecule has 2 aromatic rings. The van der Waals surface area contributed by atoms with Crippen molar-refractivity contribution in [2.75, 3.05) is 0 Å². The molecule has 2 unspecified atom stereocenters. The van der Waals surface area contributed by atoms with Crippen molar-refractivity contribution in [3.8, 4) is 0 Å². The van der Waals surface area contributed by atoms with Gasteiger partial charge in [-0.05, 0) is 42.5 Å². The Kier molecular flexibility index (Phi) is 4.81. The van der Waals surface area contributed by atoms with Gasteiger partial charge in [-0.25, -0.2) is 0 Å². The van der Waals surface area contributed by atoms with Gasteiger partial charge in [0.25, 0.3) is 0 Å². The van der Waals surface area contributed by atoms with Crippen LogP contribution in [0.2, 0.25) is 5.02 Å². The van der Waals surface area contributed by atoms with Crippen molar-refractivity contribution in [1.82, 2.24) is 5.32 Å². The first-order chi connectivity index (χ1) is 8.70. The Labute approximate surface area is 118 Å². The summed E-state index contributed by atoms with van der Waals surface area (Å²) in [4.78, 5) is 1.38. The summed E-state index contributed by atoms with van der Waals surface area (Å²) >= 11 is 7.73. The molecule has 0 bridgehead atoms. The summed E-state index contributed by atoms with van der Waals surface area (Å²) in [7, 11) is 0. The zero-order valence-electron chi connectivity index (χ0n) is 10.7. The fourth-order valence-electron chi connectivity index (χ4n) is 2.07. The molecular weight excluding hydrogens is 262 g/mol. The summed E-state index contributed by atoms with van der Waals surface area (Å²) in [5, 5.41) is 6.59. The SMILES string of the molecule is CCC(NC(C)c1cccs1)c1ccc(Cl)cc1. The normalized spacial score (nSPS) is 14.4. The Morgan fingerprint density at radius 3 is 2.50 bits per heavy atom. The first-order valence-electron chi connectivity index (χ1n) is 6.25. The predicted octanol–water partition coefficient (Wildman–Crippen LogP) is 5.20. The molecule has 0 saturated heterocycles. The molecule has 18 heavy (non-hydrogen) atoms. The molecule has 0 aliphatic rings. The lowest BCUT2D eigenvalue weighted by molar-refractivity contribution is 0.460. The monoisotopic (exact) mass is 279 g/mol. The highest BCUT2D eigenvalue weighted by atomic mass is 35.5. The third-order valence-electron chi connectivity index (χ3n) is 3.10. The second kappa shape index (κ2) is 6.37. The van der Waals surface area contributed by atoms with E-state index in [0.717, 1.165) is 11.4 Å². The van der Waals surface area contributed by atoms with E-state index in [1.165, 1.54) is 10.4 Å². The van der Waals surface area contributed by atoms with E-state index in [1.54, 1.807) is 11.3 Å². The second-order valence-electron chi connectivity index (χ2n) is 4.42. The van der Waals surface area contributed by atoms with Crippen molar-refractivity contribution in [2.45, 2.75) is 32.4 Å². The summed E-state index contributed by atoms with van der Waals surface area (Å²) in [6, 6.07) is 13.1. The van der Waals surface area contributed by atoms with E-state index in [9.17, 15) is 0 Å². The topological polar surface area (TPSA) is 12.0 Å². The molecular formula is C15H18ClNS. The molecule has 1 heterocycles. The molecule has 1 aromatic heterocycles. The lowest BCUT2D eigenvalue weighted by Gasteiger charge is -2.22. The Morgan fingerprint density at radius 1 is 1.22 bits per heavy atom. The number of hydrogen-bond acceptors (Lipinski definition) is 2. The minimum atomic E-state index is 0.374. The lowest BCUT2D eigenvalue weighted by atomic mass is 10.0. The van der Waals surface area contributed by atoms with Crippen LogP contribution in [0.4, 0.5) is 0 Å². The van der Waals surface area contributed by atoms with Crippen molar-refractivity contribution in [1.29, 1.82) is 0 Å². The highest BCUT2D eigenvalue weighted by Gasteiger charge is 2.14. The summed E-state index contributed by atoms with van der Waals surface area (Å²) in [6.07, 6.45) is 1.07. The number of hydrogen-bond donors (Lipinski definition) is 1. The number of halogens is 1. The van der Waals surface area contributed by atoms with Gasteiger partial charge in [0.05, 0.1) is 0 Å². The fraction of sp³-hybridized carbons (Fsp3) is 0.333. The van der Waals surface area contributed by atoms with Crippen LogP contribution < -0.4 is 5.32 Å². The van der Waals surface area contributed by atoms with E-state index >= 15 is 0 Å². The Hall–Kier alpha value is -0.830. The molecule has 0 saturated carbocycles. The zero-order chi connectivity index (χ0) is 13.0. The third-order valence-corrected chi connectivity index (χ3v) is 4.41. The first kappa shape index (κ1) is 13.6. The molecule has 0 spiro atoms. The molecule has 1 N–H and O–H groups in total. The molecule has 2 rings (SSSR count). The minimum absolute atomic E-state index is 0.374. The van der Waals surface area contributed by atoms with Gasteiger partial charge in [0.15, 0.2) is 0 Å². The molecule has 1 nitrogen and oxygen atoms in total. The quantitative estimate of drug-likeness (QED) is 0.793. The molecule has 1 aromatic carbocycles. The summed E-state index contributed by atoms with van der Waals surface area (Å²) < 4.78 is 0. The smallest absolute Gasteiger partial charge is 0.0406 e. The molecule has 3 heteroatoms. The molecule has 0 aliphatic carbocycles. The highest BCUT2D eigenvalue weighted by molar-refractivity contribution is 7.10. The Bertz CT molecular complexity index is 464. The van der Waals surface area contributed by atoms with Crippen LogP contribution in [0.25, 0.3) is 0 Å². The molecule has 96 valence electrons. The largest absolute Gasteiger partial charge is 0.303 e. The first-order valence-corrected chi connectivity index (χ1v) is 7.51. The van der Waals surface area contributed by atoms with Crippen LogP contribution in [0.1, 0.15) is 42.8 Å². The molecule has 0 amide bonds. The average Bonchev–Trinajstić information content (AvgIpc) is 2.91. The highest BCUT2D eigenvalue weighted by Crippen LogP contribution is 2.25. The predicted molar refractivity (Wildman–Crippen MR) is 80.4 cm³/mol. The van der Waals surface area contributed by atoms with Gasteiger partial charge in [-0.15, -0.1) is 11.3 Å². The van der Waals surface area contributed by atoms with Crippen molar-refractivity contribution in [3.05, 3.63) is 57.2 Å². The van der Waals surface area contributed by atoms with E-state index in [4.69, 9.17) is 11.6 Å². The van der Waals surface area contributed by atoms with Gasteiger partial charge in [0.2, 0.25) is 0 Å². The van der Waals surface area contributed by atoms with Gasteiger partial charge in [-0.1, -0.05) is 36.7 Å². The average molecular weight is 280 g/mol. The van der Waals surface area contributed by atoms with Crippen LogP contribution in [-0.4, -0.2) is 0 Å². The van der Waals surface area contributed by atoms with Crippen LogP contribution in [-0.2, 0) is 0 Å². The van der Waals surface area contributed by atoms with Gasteiger partial charge >= 0.3 is 0 Å². The van der Waals surface area contributed by atoms with E-state index in [1.807, 2.05) is 12.1 Å². The Morgan fingerprint density at radius 2 is 1.94 bits per heavy atom. The number of nitrogens with one attached hydrogen (secondary N) is 1. The number of benzene rings is 1. The van der Waals surface area contributed by atoms with Crippen LogP contribution in [0.3, 0.4) is 0 Å². The number of rotatable bonds is 5. The minimum Gasteiger partial charge on any atom is -0.303 e. The lowest BCUT2D eigenvalue weighted by Crippen LogP contribution is -2.23. The van der Waals surface area contributed by atoms with Crippen LogP contribution in [0.5, 0.6) is 0 Å². The summed E-state index contributed by atoms with van der Waals surface area (Å²) in [6.45, 7) is 4.41. The Balaban J connectivity index is 2.07. The van der Waals surface area contributed by atoms with Crippen molar-refractivity contribution < 1.29 is 0 Å². The van der Waals surface area contributed by atoms with Gasteiger partial charge in [-0.3, -0.25) is 0 Å². The zero-order valence-corrected chi connectivity index (χ0v) is 12.3. The molecule has 0 aliphatic heterocycles. The summed E-state index contributed by atoms with van der Waals surface area (Å²) in [5.74, 6) is 0. The van der Waals surface area contributed by atoms with E-state index in [2.05, 4.69) is 48.8 Å². The second-order valence-corrected chi connectivity index (χ2v) is 5.83. The number of thiophene rings is 1. The van der Waals surface area contributed by atoms with E-state index in [0.29, 0.717) is 12.1 Å². The van der Waals surface area contributed by atoms with Gasteiger partial charge < -0.3 is 5.32 Å². The molecule has 2 atom stereocenters. The van der Waals surface area contributed by atoms with E-state index < -0.39 is 0 Å². The maximum atomic E-state index is 5.93. The van der Waals surface area contributed by atoms with Crippen molar-refractivity contribution >= 4 is 22.9 Å². The van der Waals surface area contributed by atoms with Gasteiger partial charge in [0.1, 0.15) is 0 Å². The maximum Gasteiger partial charge on any atom is 0.0406 e. The van der Waals surface area contributed by atoms with Crippen molar-refractivity contribution in [2.24, 2.45) is 0 Å². The van der Waals surface area contributed by atoms with E-state index in [-0.39, 0.29) is 0 Å². The van der Waals surface area contributed by atoms with Crippen molar-refractivity contribution in [3.63, 3.8) is 0 Å². The standard InChI is InChI=1S/C15H18ClNS/c1-3-14(12-6-8-13(16)9-7-12)17-11(2)15-5-4-10-18-15/h4-11,14,17H,3H2,1-2H3. The fourth-order valence-corrected chi connectivity index (χ4v) is 2.94. The molecule has 0 fully saturated rings. The molecule has 0 radical (unpaired) electrons. The van der Waals surface area contributed by atoms with Gasteiger partial charge in [-0.2, -0.15) is 0 Å².